The molecule has 0 aliphatic rings. The zero-order valence-electron chi connectivity index (χ0n) is 4.94. The first-order chi connectivity index (χ1) is 3.13. The van der Waals surface area contributed by atoms with Gasteiger partial charge in [-0.1, -0.05) is 0 Å². The molecule has 0 saturated carbocycles. The van der Waals surface area contributed by atoms with Crippen LogP contribution in [0.5, 0.6) is 0 Å². The molecule has 0 fully saturated rings. The third-order valence-corrected chi connectivity index (χ3v) is 1.05. The zero-order valence-corrected chi connectivity index (χ0v) is 12.8. The molecule has 0 aromatic heterocycles. The maximum Gasteiger partial charge on any atom is 0.317 e. The Hall–Kier alpha value is 3.45. The van der Waals surface area contributed by atoms with Gasteiger partial charge in [-0.05, 0) is 0 Å². The molecule has 5 nitrogen and oxygen atoms in total. The molecule has 46 valence electrons. The second-order valence-electron chi connectivity index (χ2n) is 0.502. The van der Waals surface area contributed by atoms with Crippen molar-refractivity contribution in [1.82, 2.24) is 0 Å². The van der Waals surface area contributed by atoms with E-state index in [9.17, 15) is 8.42 Å². The van der Waals surface area contributed by atoms with Crippen molar-refractivity contribution in [1.29, 1.82) is 0 Å². The van der Waals surface area contributed by atoms with Crippen LogP contribution in [-0.4, -0.2) is 120 Å². The average molecular weight is 224 g/mol. The van der Waals surface area contributed by atoms with Gasteiger partial charge in [0.2, 0.25) is 0 Å². The third-order valence-electron chi connectivity index (χ3n) is 0.116. The first-order valence-corrected chi connectivity index (χ1v) is 3.10. The first kappa shape index (κ1) is 18.3. The van der Waals surface area contributed by atoms with Crippen LogP contribution in [0.15, 0.2) is 0 Å². The van der Waals surface area contributed by atoms with E-state index in [0.29, 0.717) is 0 Å². The Morgan fingerprint density at radius 2 is 1.22 bits per heavy atom. The molecule has 2 radical (unpaired) electrons. The van der Waals surface area contributed by atoms with Crippen LogP contribution in [0.2, 0.25) is 0 Å². The van der Waals surface area contributed by atoms with Crippen molar-refractivity contribution in [3.63, 3.8) is 0 Å². The van der Waals surface area contributed by atoms with Crippen LogP contribution in [0.4, 0.5) is 0 Å². The van der Waals surface area contributed by atoms with Gasteiger partial charge in [-0.3, -0.25) is 9.11 Å². The molecular formula is H2K2O5S2. The van der Waals surface area contributed by atoms with Gasteiger partial charge in [0.25, 0.3) is 0 Å². The van der Waals surface area contributed by atoms with Crippen LogP contribution in [-0.2, 0) is 26.4 Å². The Balaban J connectivity index is -0.000000180. The molecule has 0 rings (SSSR count). The summed E-state index contributed by atoms with van der Waals surface area (Å²) in [5, 5.41) is 0. The summed E-state index contributed by atoms with van der Waals surface area (Å²) in [6.07, 6.45) is 0. The van der Waals surface area contributed by atoms with E-state index in [0.717, 1.165) is 0 Å². The second-order valence-corrected chi connectivity index (χ2v) is 1.92. The van der Waals surface area contributed by atoms with Gasteiger partial charge >= 0.3 is 22.7 Å². The van der Waals surface area contributed by atoms with E-state index in [1.807, 2.05) is 0 Å². The molecule has 0 aliphatic heterocycles. The Labute approximate surface area is 143 Å². The minimum Gasteiger partial charge on any atom is -0.283 e. The Bertz CT molecular complexity index is 89.1. The van der Waals surface area contributed by atoms with E-state index in [2.05, 4.69) is 3.63 Å². The summed E-state index contributed by atoms with van der Waals surface area (Å²) in [6, 6.07) is 0. The number of rotatable bonds is 2. The van der Waals surface area contributed by atoms with Gasteiger partial charge in [0.05, 0.1) is 0 Å². The molecule has 0 amide bonds. The van der Waals surface area contributed by atoms with E-state index < -0.39 is 22.7 Å². The summed E-state index contributed by atoms with van der Waals surface area (Å²) in [4.78, 5) is 0. The molecule has 0 saturated heterocycles. The maximum absolute atomic E-state index is 9.35. The fourth-order valence-corrected chi connectivity index (χ4v) is 0.448. The summed E-state index contributed by atoms with van der Waals surface area (Å²) >= 11 is -5.29. The van der Waals surface area contributed by atoms with Gasteiger partial charge in [0, 0.05) is 103 Å². The van der Waals surface area contributed by atoms with Crippen molar-refractivity contribution in [3.05, 3.63) is 0 Å². The smallest absolute Gasteiger partial charge is 0.283 e. The summed E-state index contributed by atoms with van der Waals surface area (Å²) in [5.74, 6) is 0. The van der Waals surface area contributed by atoms with Crippen molar-refractivity contribution in [2.45, 2.75) is 0 Å². The molecule has 0 aromatic carbocycles. The predicted octanol–water partition coefficient (Wildman–Crippen LogP) is -1.49. The predicted molar refractivity (Wildman–Crippen MR) is 34.1 cm³/mol. The van der Waals surface area contributed by atoms with Crippen LogP contribution in [0, 0.1) is 0 Å². The van der Waals surface area contributed by atoms with Gasteiger partial charge in [-0.15, -0.1) is 3.63 Å². The fraction of sp³-hybridized carbons (Fsp3) is 0. The van der Waals surface area contributed by atoms with E-state index in [-0.39, 0.29) is 103 Å². The quantitative estimate of drug-likeness (QED) is 0.441. The summed E-state index contributed by atoms with van der Waals surface area (Å²) in [5.41, 5.74) is 0. The van der Waals surface area contributed by atoms with Crippen LogP contribution in [0.1, 0.15) is 0 Å². The molecule has 9 heavy (non-hydrogen) atoms. The molecule has 0 heterocycles. The van der Waals surface area contributed by atoms with Crippen LogP contribution in [0.3, 0.4) is 0 Å². The first-order valence-electron chi connectivity index (χ1n) is 1.03. The molecule has 0 atom stereocenters. The minimum atomic E-state index is -2.65. The van der Waals surface area contributed by atoms with E-state index >= 15 is 0 Å². The molecule has 0 bridgehead atoms. The number of hydrogen-bond donors (Lipinski definition) is 2. The zero-order chi connectivity index (χ0) is 5.86. The fourth-order valence-electron chi connectivity index (χ4n) is 0.0498. The molecule has 2 N–H and O–H groups in total. The van der Waals surface area contributed by atoms with Crippen molar-refractivity contribution in [2.75, 3.05) is 0 Å². The monoisotopic (exact) mass is 224 g/mol. The second kappa shape index (κ2) is 11.5. The van der Waals surface area contributed by atoms with Crippen molar-refractivity contribution >= 4 is 125 Å². The van der Waals surface area contributed by atoms with E-state index in [1.165, 1.54) is 0 Å². The summed E-state index contributed by atoms with van der Waals surface area (Å²) in [6.45, 7) is 0. The van der Waals surface area contributed by atoms with Crippen LogP contribution in [0.25, 0.3) is 0 Å². The standard InChI is InChI=1S/2K.H2O5S2/c;;1-6(2)5-7(3)4/h;;(H,1,2)(H,3,4). The van der Waals surface area contributed by atoms with Crippen LogP contribution < -0.4 is 0 Å². The van der Waals surface area contributed by atoms with Gasteiger partial charge in [-0.2, -0.15) is 8.42 Å². The van der Waals surface area contributed by atoms with Gasteiger partial charge < -0.3 is 0 Å². The van der Waals surface area contributed by atoms with Gasteiger partial charge in [0.1, 0.15) is 0 Å². The topological polar surface area (TPSA) is 83.8 Å². The van der Waals surface area contributed by atoms with E-state index in [4.69, 9.17) is 9.11 Å². The third kappa shape index (κ3) is 18.4. The SMILES string of the molecule is O=S(O)OS(=O)O.[K].[K]. The molecule has 0 aromatic rings. The molecule has 9 heteroatoms. The maximum atomic E-state index is 9.35. The van der Waals surface area contributed by atoms with Gasteiger partial charge in [-0.25, -0.2) is 0 Å². The Kier molecular flexibility index (Phi) is 23.3. The Morgan fingerprint density at radius 3 is 1.22 bits per heavy atom. The molecular weight excluding hydrogens is 222 g/mol. The van der Waals surface area contributed by atoms with Crippen molar-refractivity contribution < 1.29 is 21.2 Å². The van der Waals surface area contributed by atoms with Gasteiger partial charge in [0.15, 0.2) is 0 Å². The Morgan fingerprint density at radius 1 is 1.00 bits per heavy atom. The van der Waals surface area contributed by atoms with Crippen molar-refractivity contribution in [3.8, 4) is 0 Å². The average Bonchev–Trinajstić information content (AvgIpc) is 1.27. The largest absolute Gasteiger partial charge is 0.317 e. The summed E-state index contributed by atoms with van der Waals surface area (Å²) < 4.78 is 37.2. The molecule has 0 unspecified atom stereocenters. The molecule has 0 spiro atoms. The van der Waals surface area contributed by atoms with Crippen LogP contribution >= 0.6 is 0 Å². The van der Waals surface area contributed by atoms with E-state index in [1.54, 1.807) is 0 Å². The summed E-state index contributed by atoms with van der Waals surface area (Å²) in [7, 11) is 0. The minimum absolute atomic E-state index is 0. The van der Waals surface area contributed by atoms with Crippen molar-refractivity contribution in [2.24, 2.45) is 0 Å². The molecule has 0 aliphatic carbocycles. The number of hydrogen-bond acceptors (Lipinski definition) is 3. The normalized spacial score (nSPS) is 14.4.